The quantitative estimate of drug-likeness (QED) is 0.648. The lowest BCUT2D eigenvalue weighted by Crippen LogP contribution is -2.25. The van der Waals surface area contributed by atoms with E-state index in [1.165, 1.54) is 30.5 Å². The summed E-state index contributed by atoms with van der Waals surface area (Å²) in [6.07, 6.45) is 4.92. The van der Waals surface area contributed by atoms with Gasteiger partial charge in [0.1, 0.15) is 5.75 Å². The molecular weight excluding hydrogens is 260 g/mol. The fourth-order valence-electron chi connectivity index (χ4n) is 2.66. The van der Waals surface area contributed by atoms with E-state index in [-0.39, 0.29) is 0 Å². The SMILES string of the molecule is CCCCCN(C)c1cccc(OC)c1C(C)NCCC. The predicted octanol–water partition coefficient (Wildman–Crippen LogP) is 4.38. The highest BCUT2D eigenvalue weighted by atomic mass is 16.5. The Balaban J connectivity index is 2.95. The molecule has 0 radical (unpaired) electrons. The number of unbranched alkanes of at least 4 members (excludes halogenated alkanes) is 2. The Labute approximate surface area is 130 Å². The highest BCUT2D eigenvalue weighted by Crippen LogP contribution is 2.34. The molecule has 0 spiro atoms. The normalized spacial score (nSPS) is 12.2. The third kappa shape index (κ3) is 5.24. The van der Waals surface area contributed by atoms with E-state index in [1.54, 1.807) is 7.11 Å². The van der Waals surface area contributed by atoms with Crippen LogP contribution in [0.2, 0.25) is 0 Å². The van der Waals surface area contributed by atoms with Gasteiger partial charge in [-0.15, -0.1) is 0 Å². The van der Waals surface area contributed by atoms with Crippen molar-refractivity contribution in [2.45, 2.75) is 52.5 Å². The number of benzene rings is 1. The second-order valence-electron chi connectivity index (χ2n) is 5.70. The van der Waals surface area contributed by atoms with Crippen molar-refractivity contribution in [2.24, 2.45) is 0 Å². The highest BCUT2D eigenvalue weighted by molar-refractivity contribution is 5.60. The summed E-state index contributed by atoms with van der Waals surface area (Å²) < 4.78 is 5.60. The van der Waals surface area contributed by atoms with Crippen molar-refractivity contribution in [3.05, 3.63) is 23.8 Å². The summed E-state index contributed by atoms with van der Waals surface area (Å²) in [5.74, 6) is 0.978. The minimum absolute atomic E-state index is 0.296. The molecule has 0 amide bonds. The van der Waals surface area contributed by atoms with Crippen LogP contribution >= 0.6 is 0 Å². The van der Waals surface area contributed by atoms with Crippen molar-refractivity contribution in [1.29, 1.82) is 0 Å². The maximum absolute atomic E-state index is 5.60. The van der Waals surface area contributed by atoms with Gasteiger partial charge >= 0.3 is 0 Å². The zero-order valence-corrected chi connectivity index (χ0v) is 14.4. The Morgan fingerprint density at radius 1 is 1.19 bits per heavy atom. The number of anilines is 1. The minimum atomic E-state index is 0.296. The molecular formula is C18H32N2O. The standard InChI is InChI=1S/C18H32N2O/c1-6-8-9-14-20(4)16-11-10-12-17(21-5)18(16)15(3)19-13-7-2/h10-12,15,19H,6-9,13-14H2,1-5H3. The largest absolute Gasteiger partial charge is 0.496 e. The number of nitrogens with zero attached hydrogens (tertiary/aromatic N) is 1. The van der Waals surface area contributed by atoms with Crippen LogP contribution < -0.4 is 15.0 Å². The molecule has 1 N–H and O–H groups in total. The second-order valence-corrected chi connectivity index (χ2v) is 5.70. The molecule has 0 bridgehead atoms. The number of rotatable bonds is 10. The third-order valence-electron chi connectivity index (χ3n) is 3.90. The van der Waals surface area contributed by atoms with E-state index in [4.69, 9.17) is 4.74 Å². The van der Waals surface area contributed by atoms with Crippen LogP contribution in [0.15, 0.2) is 18.2 Å². The first-order valence-electron chi connectivity index (χ1n) is 8.27. The van der Waals surface area contributed by atoms with Crippen molar-refractivity contribution in [1.82, 2.24) is 5.32 Å². The van der Waals surface area contributed by atoms with Gasteiger partial charge in [0.05, 0.1) is 7.11 Å². The van der Waals surface area contributed by atoms with Gasteiger partial charge < -0.3 is 15.0 Å². The number of ether oxygens (including phenoxy) is 1. The maximum atomic E-state index is 5.60. The zero-order chi connectivity index (χ0) is 15.7. The molecule has 1 aromatic rings. The number of nitrogens with one attached hydrogen (secondary N) is 1. The summed E-state index contributed by atoms with van der Waals surface area (Å²) >= 11 is 0. The summed E-state index contributed by atoms with van der Waals surface area (Å²) in [7, 11) is 3.94. The van der Waals surface area contributed by atoms with Gasteiger partial charge in [-0.2, -0.15) is 0 Å². The topological polar surface area (TPSA) is 24.5 Å². The van der Waals surface area contributed by atoms with Crippen molar-refractivity contribution in [3.63, 3.8) is 0 Å². The summed E-state index contributed by atoms with van der Waals surface area (Å²) in [6, 6.07) is 6.64. The molecule has 0 aliphatic heterocycles. The van der Waals surface area contributed by atoms with Gasteiger partial charge in [0.25, 0.3) is 0 Å². The Kier molecular flexibility index (Phi) is 8.21. The van der Waals surface area contributed by atoms with E-state index < -0.39 is 0 Å². The van der Waals surface area contributed by atoms with Crippen LogP contribution in [-0.2, 0) is 0 Å². The molecule has 120 valence electrons. The van der Waals surface area contributed by atoms with E-state index in [0.717, 1.165) is 25.3 Å². The van der Waals surface area contributed by atoms with E-state index >= 15 is 0 Å². The molecule has 3 heteroatoms. The average Bonchev–Trinajstić information content (AvgIpc) is 2.51. The van der Waals surface area contributed by atoms with Gasteiger partial charge in [0.15, 0.2) is 0 Å². The summed E-state index contributed by atoms with van der Waals surface area (Å²) in [4.78, 5) is 2.36. The Bertz CT molecular complexity index is 406. The molecule has 21 heavy (non-hydrogen) atoms. The molecule has 0 aliphatic rings. The monoisotopic (exact) mass is 292 g/mol. The molecule has 0 heterocycles. The lowest BCUT2D eigenvalue weighted by molar-refractivity contribution is 0.401. The predicted molar refractivity (Wildman–Crippen MR) is 92.5 cm³/mol. The highest BCUT2D eigenvalue weighted by Gasteiger charge is 2.17. The van der Waals surface area contributed by atoms with Crippen molar-refractivity contribution < 1.29 is 4.74 Å². The number of hydrogen-bond acceptors (Lipinski definition) is 3. The Morgan fingerprint density at radius 3 is 2.57 bits per heavy atom. The van der Waals surface area contributed by atoms with Gasteiger partial charge in [-0.1, -0.05) is 32.8 Å². The lowest BCUT2D eigenvalue weighted by Gasteiger charge is -2.27. The molecule has 1 aromatic carbocycles. The number of hydrogen-bond donors (Lipinski definition) is 1. The van der Waals surface area contributed by atoms with Crippen LogP contribution in [0.25, 0.3) is 0 Å². The van der Waals surface area contributed by atoms with Gasteiger partial charge in [-0.3, -0.25) is 0 Å². The smallest absolute Gasteiger partial charge is 0.125 e. The minimum Gasteiger partial charge on any atom is -0.496 e. The second kappa shape index (κ2) is 9.67. The van der Waals surface area contributed by atoms with Crippen molar-refractivity contribution in [3.8, 4) is 5.75 Å². The van der Waals surface area contributed by atoms with Crippen LogP contribution in [0.5, 0.6) is 5.75 Å². The van der Waals surface area contributed by atoms with Crippen LogP contribution in [0.3, 0.4) is 0 Å². The first-order chi connectivity index (χ1) is 10.2. The van der Waals surface area contributed by atoms with Gasteiger partial charge in [0.2, 0.25) is 0 Å². The van der Waals surface area contributed by atoms with E-state index in [1.807, 2.05) is 0 Å². The number of methoxy groups -OCH3 is 1. The summed E-state index contributed by atoms with van der Waals surface area (Å²) in [6.45, 7) is 8.77. The summed E-state index contributed by atoms with van der Waals surface area (Å²) in [5, 5.41) is 3.58. The average molecular weight is 292 g/mol. The lowest BCUT2D eigenvalue weighted by atomic mass is 10.0. The molecule has 0 saturated carbocycles. The first-order valence-corrected chi connectivity index (χ1v) is 8.27. The van der Waals surface area contributed by atoms with Crippen molar-refractivity contribution >= 4 is 5.69 Å². The van der Waals surface area contributed by atoms with E-state index in [2.05, 4.69) is 56.2 Å². The molecule has 0 aliphatic carbocycles. The molecule has 1 rings (SSSR count). The Hall–Kier alpha value is -1.22. The summed E-state index contributed by atoms with van der Waals surface area (Å²) in [5.41, 5.74) is 2.55. The molecule has 0 fully saturated rings. The van der Waals surface area contributed by atoms with Crippen molar-refractivity contribution in [2.75, 3.05) is 32.1 Å². The molecule has 1 atom stereocenters. The van der Waals surface area contributed by atoms with Crippen LogP contribution in [0.1, 0.15) is 58.1 Å². The Morgan fingerprint density at radius 2 is 1.95 bits per heavy atom. The van der Waals surface area contributed by atoms with Crippen LogP contribution in [0, 0.1) is 0 Å². The molecule has 0 saturated heterocycles. The van der Waals surface area contributed by atoms with Gasteiger partial charge in [0, 0.05) is 30.9 Å². The first kappa shape index (κ1) is 17.8. The molecule has 1 unspecified atom stereocenters. The maximum Gasteiger partial charge on any atom is 0.125 e. The fourth-order valence-corrected chi connectivity index (χ4v) is 2.66. The van der Waals surface area contributed by atoms with E-state index in [9.17, 15) is 0 Å². The van der Waals surface area contributed by atoms with Gasteiger partial charge in [-0.05, 0) is 38.4 Å². The fraction of sp³-hybridized carbons (Fsp3) is 0.667. The van der Waals surface area contributed by atoms with Gasteiger partial charge in [-0.25, -0.2) is 0 Å². The van der Waals surface area contributed by atoms with E-state index in [0.29, 0.717) is 6.04 Å². The zero-order valence-electron chi connectivity index (χ0n) is 14.4. The molecule has 3 nitrogen and oxygen atoms in total. The van der Waals surface area contributed by atoms with Crippen LogP contribution in [-0.4, -0.2) is 27.2 Å². The third-order valence-corrected chi connectivity index (χ3v) is 3.90. The van der Waals surface area contributed by atoms with Crippen LogP contribution in [0.4, 0.5) is 5.69 Å². The molecule has 0 aromatic heterocycles.